The molecule has 0 radical (unpaired) electrons. The summed E-state index contributed by atoms with van der Waals surface area (Å²) in [5, 5.41) is 42.0. The predicted octanol–water partition coefficient (Wildman–Crippen LogP) is 6.83. The zero-order valence-corrected chi connectivity index (χ0v) is 28.5. The number of aliphatic hydroxyl groups excluding tert-OH is 4. The molecule has 2 saturated heterocycles. The van der Waals surface area contributed by atoms with E-state index in [1.807, 2.05) is 6.92 Å². The number of epoxide rings is 1. The first-order valence-corrected chi connectivity index (χ1v) is 18.7. The average molecular weight is 639 g/mol. The summed E-state index contributed by atoms with van der Waals surface area (Å²) >= 11 is 0. The molecular weight excluding hydrogens is 572 g/mol. The van der Waals surface area contributed by atoms with Crippen LogP contribution in [0.4, 0.5) is 0 Å². The number of unbranched alkanes of at least 4 members (excludes halogenated alkanes) is 11. The molecular formula is C37H66O8. The van der Waals surface area contributed by atoms with E-state index in [0.29, 0.717) is 50.2 Å². The summed E-state index contributed by atoms with van der Waals surface area (Å²) in [6, 6.07) is 0. The molecule has 0 aromatic heterocycles. The minimum Gasteiger partial charge on any atom is -0.455 e. The highest BCUT2D eigenvalue weighted by Crippen LogP contribution is 2.34. The molecule has 8 nitrogen and oxygen atoms in total. The van der Waals surface area contributed by atoms with Crippen molar-refractivity contribution in [2.75, 3.05) is 0 Å². The fraction of sp³-hybridized carbons (Fsp3) is 0.919. The lowest BCUT2D eigenvalue weighted by molar-refractivity contribution is -0.139. The van der Waals surface area contributed by atoms with Crippen LogP contribution in [0.5, 0.6) is 0 Å². The van der Waals surface area contributed by atoms with Crippen molar-refractivity contribution in [3.63, 3.8) is 0 Å². The molecule has 8 heteroatoms. The van der Waals surface area contributed by atoms with Crippen molar-refractivity contribution in [3.05, 3.63) is 11.6 Å². The average Bonchev–Trinajstić information content (AvgIpc) is 3.41. The van der Waals surface area contributed by atoms with Crippen LogP contribution in [0.25, 0.3) is 0 Å². The van der Waals surface area contributed by atoms with Crippen LogP contribution < -0.4 is 0 Å². The monoisotopic (exact) mass is 638 g/mol. The number of aliphatic hydroxyl groups is 4. The number of ether oxygens (including phenoxy) is 3. The molecule has 3 heterocycles. The first kappa shape index (κ1) is 38.4. The number of esters is 1. The van der Waals surface area contributed by atoms with Gasteiger partial charge >= 0.3 is 5.97 Å². The van der Waals surface area contributed by atoms with Gasteiger partial charge in [0.15, 0.2) is 0 Å². The van der Waals surface area contributed by atoms with E-state index in [-0.39, 0.29) is 30.4 Å². The lowest BCUT2D eigenvalue weighted by Gasteiger charge is -2.22. The van der Waals surface area contributed by atoms with Crippen molar-refractivity contribution in [3.8, 4) is 0 Å². The highest BCUT2D eigenvalue weighted by Gasteiger charge is 2.40. The van der Waals surface area contributed by atoms with Gasteiger partial charge < -0.3 is 34.6 Å². The third-order valence-corrected chi connectivity index (χ3v) is 10.0. The zero-order chi connectivity index (χ0) is 32.4. The van der Waals surface area contributed by atoms with Gasteiger partial charge in [0, 0.05) is 12.0 Å². The Morgan fingerprint density at radius 2 is 1.22 bits per heavy atom. The molecule has 0 saturated carbocycles. The smallest absolute Gasteiger partial charge is 0.334 e. The molecule has 5 unspecified atom stereocenters. The second kappa shape index (κ2) is 21.8. The molecule has 0 bridgehead atoms. The quantitative estimate of drug-likeness (QED) is 0.0438. The maximum Gasteiger partial charge on any atom is 0.334 e. The topological polar surface area (TPSA) is 129 Å². The van der Waals surface area contributed by atoms with Crippen molar-refractivity contribution in [1.82, 2.24) is 0 Å². The van der Waals surface area contributed by atoms with E-state index < -0.39 is 24.4 Å². The normalized spacial score (nSPS) is 27.3. The molecule has 0 aromatic rings. The molecule has 45 heavy (non-hydrogen) atoms. The lowest BCUT2D eigenvalue weighted by Crippen LogP contribution is -2.31. The highest BCUT2D eigenvalue weighted by atomic mass is 16.6. The summed E-state index contributed by atoms with van der Waals surface area (Å²) in [5.74, 6) is -0.326. The van der Waals surface area contributed by atoms with E-state index in [2.05, 4.69) is 6.92 Å². The Morgan fingerprint density at radius 3 is 1.84 bits per heavy atom. The summed E-state index contributed by atoms with van der Waals surface area (Å²) in [6.45, 7) is 4.07. The minimum absolute atomic E-state index is 0.211. The Morgan fingerprint density at radius 1 is 0.667 bits per heavy atom. The first-order chi connectivity index (χ1) is 21.8. The minimum atomic E-state index is -0.636. The molecule has 9 atom stereocenters. The second-order valence-corrected chi connectivity index (χ2v) is 14.2. The van der Waals surface area contributed by atoms with E-state index in [1.165, 1.54) is 64.2 Å². The molecule has 3 aliphatic heterocycles. The lowest BCUT2D eigenvalue weighted by atomic mass is 9.98. The summed E-state index contributed by atoms with van der Waals surface area (Å²) in [7, 11) is 0. The number of cyclic esters (lactones) is 1. The van der Waals surface area contributed by atoms with Gasteiger partial charge in [-0.05, 0) is 70.8 Å². The van der Waals surface area contributed by atoms with E-state index in [1.54, 1.807) is 6.08 Å². The fourth-order valence-electron chi connectivity index (χ4n) is 7.06. The Balaban J connectivity index is 1.13. The number of hydrogen-bond donors (Lipinski definition) is 4. The molecule has 262 valence electrons. The van der Waals surface area contributed by atoms with Gasteiger partial charge in [0.1, 0.15) is 6.10 Å². The Labute approximate surface area is 273 Å². The summed E-state index contributed by atoms with van der Waals surface area (Å²) in [5.41, 5.74) is 0.562. The second-order valence-electron chi connectivity index (χ2n) is 14.2. The van der Waals surface area contributed by atoms with Gasteiger partial charge in [-0.15, -0.1) is 0 Å². The van der Waals surface area contributed by atoms with Crippen LogP contribution >= 0.6 is 0 Å². The number of hydrogen-bond acceptors (Lipinski definition) is 8. The van der Waals surface area contributed by atoms with Gasteiger partial charge in [-0.25, -0.2) is 4.79 Å². The van der Waals surface area contributed by atoms with Gasteiger partial charge in [-0.1, -0.05) is 90.4 Å². The van der Waals surface area contributed by atoms with Gasteiger partial charge in [-0.3, -0.25) is 0 Å². The first-order valence-electron chi connectivity index (χ1n) is 18.7. The standard InChI is InChI=1S/C37H66O8/c1-3-4-5-6-7-8-9-10-11-15-18-35-36(45-35)22-21-32(41)34-24-23-33(44-34)31(40)20-19-29(38)16-13-12-14-17-30(39)26-28-25-27(2)43-37(28)42/h25,27,29-36,38-41H,3-24,26H2,1-2H3/t27?,29?,30?,31-,32-,33-,34-,35?,36?/m0/s1. The van der Waals surface area contributed by atoms with E-state index in [9.17, 15) is 25.2 Å². The largest absolute Gasteiger partial charge is 0.455 e. The van der Waals surface area contributed by atoms with E-state index >= 15 is 0 Å². The van der Waals surface area contributed by atoms with Crippen LogP contribution in [0.3, 0.4) is 0 Å². The van der Waals surface area contributed by atoms with Crippen LogP contribution in [0.1, 0.15) is 162 Å². The van der Waals surface area contributed by atoms with Crippen molar-refractivity contribution >= 4 is 5.97 Å². The SMILES string of the molecule is CCCCCCCCCCCCC1OC1CC[C@H](O)[C@@H]1CC[C@@H]([C@@H](O)CCC(O)CCCCCC(O)CC2=CC(C)OC2=O)O1. The third kappa shape index (κ3) is 15.6. The number of rotatable bonds is 27. The zero-order valence-electron chi connectivity index (χ0n) is 28.5. The fourth-order valence-corrected chi connectivity index (χ4v) is 7.06. The van der Waals surface area contributed by atoms with Crippen LogP contribution in [0.2, 0.25) is 0 Å². The summed E-state index contributed by atoms with van der Waals surface area (Å²) in [6.07, 6.45) is 22.3. The van der Waals surface area contributed by atoms with E-state index in [0.717, 1.165) is 44.9 Å². The van der Waals surface area contributed by atoms with Gasteiger partial charge in [-0.2, -0.15) is 0 Å². The van der Waals surface area contributed by atoms with Crippen LogP contribution in [-0.4, -0.2) is 81.3 Å². The third-order valence-electron chi connectivity index (χ3n) is 10.0. The van der Waals surface area contributed by atoms with Gasteiger partial charge in [0.25, 0.3) is 0 Å². The molecule has 0 spiro atoms. The molecule has 0 amide bonds. The Kier molecular flexibility index (Phi) is 18.6. The van der Waals surface area contributed by atoms with Gasteiger partial charge in [0.05, 0.1) is 48.8 Å². The maximum atomic E-state index is 11.7. The highest BCUT2D eigenvalue weighted by molar-refractivity contribution is 5.90. The van der Waals surface area contributed by atoms with Gasteiger partial charge in [0.2, 0.25) is 0 Å². The molecule has 3 aliphatic rings. The number of carbonyl (C=O) groups excluding carboxylic acids is 1. The maximum absolute atomic E-state index is 11.7. The predicted molar refractivity (Wildman–Crippen MR) is 177 cm³/mol. The van der Waals surface area contributed by atoms with Crippen molar-refractivity contribution in [2.45, 2.75) is 216 Å². The van der Waals surface area contributed by atoms with Crippen molar-refractivity contribution in [2.24, 2.45) is 0 Å². The van der Waals surface area contributed by atoms with Crippen molar-refractivity contribution in [1.29, 1.82) is 0 Å². The Bertz CT molecular complexity index is 833. The molecule has 0 aromatic carbocycles. The molecule has 2 fully saturated rings. The molecule has 3 rings (SSSR count). The summed E-state index contributed by atoms with van der Waals surface area (Å²) in [4.78, 5) is 11.7. The van der Waals surface area contributed by atoms with Crippen LogP contribution in [0.15, 0.2) is 11.6 Å². The molecule has 4 N–H and O–H groups in total. The van der Waals surface area contributed by atoms with Crippen molar-refractivity contribution < 1.29 is 39.4 Å². The van der Waals surface area contributed by atoms with Crippen LogP contribution in [0, 0.1) is 0 Å². The van der Waals surface area contributed by atoms with Crippen LogP contribution in [-0.2, 0) is 19.0 Å². The summed E-state index contributed by atoms with van der Waals surface area (Å²) < 4.78 is 17.0. The number of carbonyl (C=O) groups is 1. The molecule has 0 aliphatic carbocycles. The van der Waals surface area contributed by atoms with E-state index in [4.69, 9.17) is 14.2 Å². The Hall–Kier alpha value is -1.03.